The van der Waals surface area contributed by atoms with Crippen molar-refractivity contribution in [2.45, 2.75) is 102 Å². The average molecular weight is 517 g/mol. The highest BCUT2D eigenvalue weighted by atomic mass is 15.5. The van der Waals surface area contributed by atoms with Crippen LogP contribution in [0.1, 0.15) is 118 Å². The lowest BCUT2D eigenvalue weighted by molar-refractivity contribution is 0.198. The fraction of sp³-hybridized carbons (Fsp3) is 0.459. The molecule has 0 spiro atoms. The Morgan fingerprint density at radius 3 is 1.95 bits per heavy atom. The van der Waals surface area contributed by atoms with Crippen LogP contribution in [0, 0.1) is 6.92 Å². The topological polar surface area (TPSA) is 6.48 Å². The van der Waals surface area contributed by atoms with Gasteiger partial charge in [0, 0.05) is 29.4 Å². The largest absolute Gasteiger partial charge is 0.349 e. The van der Waals surface area contributed by atoms with Crippen LogP contribution in [-0.4, -0.2) is 11.4 Å². The first-order chi connectivity index (χ1) is 19.1. The van der Waals surface area contributed by atoms with E-state index in [4.69, 9.17) is 0 Å². The monoisotopic (exact) mass is 516 g/mol. The van der Waals surface area contributed by atoms with Crippen molar-refractivity contribution < 1.29 is 0 Å². The van der Waals surface area contributed by atoms with E-state index in [9.17, 15) is 0 Å². The number of hydrogen-bond acceptors (Lipinski definition) is 2. The Hall–Kier alpha value is -3.00. The summed E-state index contributed by atoms with van der Waals surface area (Å²) in [5, 5.41) is 0. The fourth-order valence-electron chi connectivity index (χ4n) is 8.70. The third-order valence-electron chi connectivity index (χ3n) is 10.5. The molecule has 3 aromatic carbocycles. The molecule has 1 unspecified atom stereocenters. The molecule has 2 aliphatic carbocycles. The summed E-state index contributed by atoms with van der Waals surface area (Å²) in [6.45, 7) is 8.10. The summed E-state index contributed by atoms with van der Waals surface area (Å²) in [5.74, 6) is 1.35. The van der Waals surface area contributed by atoms with Gasteiger partial charge in [0.15, 0.2) is 0 Å². The Labute approximate surface area is 235 Å². The first-order valence-electron chi connectivity index (χ1n) is 15.7. The number of rotatable bonds is 4. The van der Waals surface area contributed by atoms with E-state index in [2.05, 4.69) is 97.4 Å². The van der Waals surface area contributed by atoms with Crippen LogP contribution in [0.2, 0.25) is 0 Å². The lowest BCUT2D eigenvalue weighted by Crippen LogP contribution is -2.51. The molecule has 7 rings (SSSR count). The third kappa shape index (κ3) is 3.81. The molecule has 4 aliphatic rings. The zero-order valence-corrected chi connectivity index (χ0v) is 24.2. The standard InChI is InChI=1S/C37H44N2/c1-4-38-25-34(39-33-24-12-11-20-31(33)32-23-13-15-26(2)36(32)37(38,39)3)35-29(27-16-7-5-8-17-27)21-14-22-30(35)28-18-9-6-10-19-28/h11-15,20-25,27-28H,4-10,16-19H2,1-3H3. The van der Waals surface area contributed by atoms with Crippen LogP contribution in [0.15, 0.2) is 66.9 Å². The van der Waals surface area contributed by atoms with Gasteiger partial charge in [0.1, 0.15) is 5.66 Å². The van der Waals surface area contributed by atoms with Crippen molar-refractivity contribution in [1.29, 1.82) is 0 Å². The maximum Gasteiger partial charge on any atom is 0.141 e. The number of anilines is 1. The second-order valence-electron chi connectivity index (χ2n) is 12.7. The molecule has 0 amide bonds. The van der Waals surface area contributed by atoms with Crippen molar-refractivity contribution in [3.8, 4) is 11.1 Å². The molecule has 2 aliphatic heterocycles. The predicted molar refractivity (Wildman–Crippen MR) is 165 cm³/mol. The summed E-state index contributed by atoms with van der Waals surface area (Å²) in [6.07, 6.45) is 16.2. The minimum atomic E-state index is -0.247. The minimum Gasteiger partial charge on any atom is -0.349 e. The van der Waals surface area contributed by atoms with Crippen LogP contribution in [-0.2, 0) is 5.66 Å². The number of hydrogen-bond donors (Lipinski definition) is 0. The zero-order chi connectivity index (χ0) is 26.6. The number of fused-ring (bicyclic) bond motifs is 6. The molecule has 39 heavy (non-hydrogen) atoms. The van der Waals surface area contributed by atoms with Crippen molar-refractivity contribution in [2.24, 2.45) is 0 Å². The van der Waals surface area contributed by atoms with Crippen LogP contribution < -0.4 is 4.90 Å². The maximum absolute atomic E-state index is 2.75. The van der Waals surface area contributed by atoms with Gasteiger partial charge in [-0.15, -0.1) is 0 Å². The van der Waals surface area contributed by atoms with Crippen molar-refractivity contribution in [2.75, 3.05) is 11.4 Å². The maximum atomic E-state index is 2.75. The SMILES string of the molecule is CCN1C=C(c2c(C3CCCCC3)cccc2C2CCCCC2)N2c3ccccc3-c3cccc(C)c3C12C. The van der Waals surface area contributed by atoms with E-state index in [1.807, 2.05) is 0 Å². The summed E-state index contributed by atoms with van der Waals surface area (Å²) in [6, 6.07) is 23.5. The molecule has 2 heterocycles. The van der Waals surface area contributed by atoms with Gasteiger partial charge in [-0.3, -0.25) is 0 Å². The first-order valence-corrected chi connectivity index (χ1v) is 15.7. The van der Waals surface area contributed by atoms with Gasteiger partial charge in [0.25, 0.3) is 0 Å². The van der Waals surface area contributed by atoms with Gasteiger partial charge in [-0.25, -0.2) is 0 Å². The highest BCUT2D eigenvalue weighted by Gasteiger charge is 2.51. The smallest absolute Gasteiger partial charge is 0.141 e. The van der Waals surface area contributed by atoms with Gasteiger partial charge in [-0.05, 0) is 86.6 Å². The number of para-hydroxylation sites is 1. The van der Waals surface area contributed by atoms with Crippen LogP contribution in [0.3, 0.4) is 0 Å². The van der Waals surface area contributed by atoms with E-state index in [1.54, 1.807) is 16.7 Å². The molecule has 2 fully saturated rings. The van der Waals surface area contributed by atoms with E-state index < -0.39 is 0 Å². The molecule has 3 aromatic rings. The average Bonchev–Trinajstić information content (AvgIpc) is 3.30. The Bertz CT molecular complexity index is 1370. The summed E-state index contributed by atoms with van der Waals surface area (Å²) in [5.41, 5.74) is 13.0. The second-order valence-corrected chi connectivity index (χ2v) is 12.7. The van der Waals surface area contributed by atoms with Gasteiger partial charge >= 0.3 is 0 Å². The highest BCUT2D eigenvalue weighted by Crippen LogP contribution is 2.58. The number of nitrogens with zero attached hydrogens (tertiary/aromatic N) is 2. The molecule has 202 valence electrons. The van der Waals surface area contributed by atoms with Crippen molar-refractivity contribution in [3.63, 3.8) is 0 Å². The Kier molecular flexibility index (Phi) is 6.33. The highest BCUT2D eigenvalue weighted by molar-refractivity contribution is 5.97. The molecule has 2 nitrogen and oxygen atoms in total. The fourth-order valence-corrected chi connectivity index (χ4v) is 8.70. The van der Waals surface area contributed by atoms with Crippen molar-refractivity contribution in [3.05, 3.63) is 94.7 Å². The van der Waals surface area contributed by atoms with Gasteiger partial charge < -0.3 is 9.80 Å². The van der Waals surface area contributed by atoms with Crippen molar-refractivity contribution >= 4 is 11.4 Å². The van der Waals surface area contributed by atoms with E-state index in [1.165, 1.54) is 97.8 Å². The molecule has 1 atom stereocenters. The lowest BCUT2D eigenvalue weighted by atomic mass is 9.75. The zero-order valence-electron chi connectivity index (χ0n) is 24.2. The van der Waals surface area contributed by atoms with E-state index in [0.717, 1.165) is 6.54 Å². The Morgan fingerprint density at radius 2 is 1.31 bits per heavy atom. The molecule has 0 radical (unpaired) electrons. The van der Waals surface area contributed by atoms with E-state index in [0.29, 0.717) is 11.8 Å². The van der Waals surface area contributed by atoms with E-state index >= 15 is 0 Å². The first kappa shape index (κ1) is 25.0. The quantitative estimate of drug-likeness (QED) is 0.340. The van der Waals surface area contributed by atoms with Gasteiger partial charge in [0.05, 0.1) is 11.4 Å². The molecule has 2 heteroatoms. The van der Waals surface area contributed by atoms with Gasteiger partial charge in [-0.2, -0.15) is 0 Å². The number of aryl methyl sites for hydroxylation is 1. The summed E-state index contributed by atoms with van der Waals surface area (Å²) in [7, 11) is 0. The molecule has 0 N–H and O–H groups in total. The Morgan fingerprint density at radius 1 is 0.718 bits per heavy atom. The normalized spacial score (nSPS) is 23.3. The van der Waals surface area contributed by atoms with Crippen molar-refractivity contribution in [1.82, 2.24) is 4.90 Å². The lowest BCUT2D eigenvalue weighted by Gasteiger charge is -2.50. The summed E-state index contributed by atoms with van der Waals surface area (Å²) < 4.78 is 0. The summed E-state index contributed by atoms with van der Waals surface area (Å²) in [4.78, 5) is 5.38. The summed E-state index contributed by atoms with van der Waals surface area (Å²) >= 11 is 0. The van der Waals surface area contributed by atoms with Crippen LogP contribution in [0.4, 0.5) is 5.69 Å². The molecule has 0 aromatic heterocycles. The van der Waals surface area contributed by atoms with Gasteiger partial charge in [0.2, 0.25) is 0 Å². The predicted octanol–water partition coefficient (Wildman–Crippen LogP) is 10.1. The number of benzene rings is 3. The van der Waals surface area contributed by atoms with Crippen LogP contribution in [0.25, 0.3) is 16.8 Å². The molecule has 0 saturated heterocycles. The van der Waals surface area contributed by atoms with Crippen LogP contribution >= 0.6 is 0 Å². The van der Waals surface area contributed by atoms with Gasteiger partial charge in [-0.1, -0.05) is 93.1 Å². The Balaban J connectivity index is 1.49. The second kappa shape index (κ2) is 9.88. The molecular weight excluding hydrogens is 472 g/mol. The molecular formula is C37H44N2. The molecule has 2 saturated carbocycles. The van der Waals surface area contributed by atoms with Crippen LogP contribution in [0.5, 0.6) is 0 Å². The van der Waals surface area contributed by atoms with E-state index in [-0.39, 0.29) is 5.66 Å². The molecule has 0 bridgehead atoms. The third-order valence-corrected chi connectivity index (χ3v) is 10.5. The minimum absolute atomic E-state index is 0.247.